The lowest BCUT2D eigenvalue weighted by Crippen LogP contribution is -2.01. The number of hydrogen-bond acceptors (Lipinski definition) is 1. The first-order valence-corrected chi connectivity index (χ1v) is 8.60. The summed E-state index contributed by atoms with van der Waals surface area (Å²) in [4.78, 5) is 4.71. The highest BCUT2D eigenvalue weighted by Gasteiger charge is 2.15. The van der Waals surface area contributed by atoms with Crippen molar-refractivity contribution in [2.45, 2.75) is 6.54 Å². The van der Waals surface area contributed by atoms with Crippen LogP contribution in [-0.4, -0.2) is 9.55 Å². The predicted octanol–water partition coefficient (Wildman–Crippen LogP) is 5.92. The van der Waals surface area contributed by atoms with E-state index in [0.717, 1.165) is 33.1 Å². The van der Waals surface area contributed by atoms with Gasteiger partial charge in [-0.1, -0.05) is 90.5 Å². The van der Waals surface area contributed by atoms with Gasteiger partial charge in [-0.25, -0.2) is 4.98 Å². The molecule has 0 spiro atoms. The van der Waals surface area contributed by atoms with Gasteiger partial charge in [0.25, 0.3) is 0 Å². The van der Waals surface area contributed by atoms with Crippen molar-refractivity contribution in [3.8, 4) is 22.5 Å². The minimum absolute atomic E-state index is 0.684. The van der Waals surface area contributed by atoms with E-state index in [1.54, 1.807) is 0 Å². The molecule has 3 heteroatoms. The van der Waals surface area contributed by atoms with Gasteiger partial charge < -0.3 is 4.57 Å². The molecule has 2 nitrogen and oxygen atoms in total. The molecule has 0 amide bonds. The second-order valence-corrected chi connectivity index (χ2v) is 6.30. The number of benzene rings is 3. The topological polar surface area (TPSA) is 17.8 Å². The lowest BCUT2D eigenvalue weighted by molar-refractivity contribution is 0.805. The summed E-state index contributed by atoms with van der Waals surface area (Å²) in [7, 11) is 0. The molecule has 1 heterocycles. The summed E-state index contributed by atoms with van der Waals surface area (Å²) in [5.74, 6) is 0. The van der Waals surface area contributed by atoms with Crippen LogP contribution in [0.3, 0.4) is 0 Å². The van der Waals surface area contributed by atoms with Crippen LogP contribution >= 0.6 is 11.6 Å². The van der Waals surface area contributed by atoms with Gasteiger partial charge in [0.15, 0.2) is 0 Å². The molecular formula is C22H17ClN2. The Morgan fingerprint density at radius 2 is 1.32 bits per heavy atom. The van der Waals surface area contributed by atoms with Gasteiger partial charge >= 0.3 is 0 Å². The molecule has 0 unspecified atom stereocenters. The summed E-state index contributed by atoms with van der Waals surface area (Å²) in [5, 5.41) is 0.775. The zero-order valence-electron chi connectivity index (χ0n) is 13.6. The third-order valence-corrected chi connectivity index (χ3v) is 4.60. The van der Waals surface area contributed by atoms with Crippen molar-refractivity contribution in [2.75, 3.05) is 0 Å². The number of halogens is 1. The fourth-order valence-corrected chi connectivity index (χ4v) is 3.21. The summed E-state index contributed by atoms with van der Waals surface area (Å²) in [6.45, 7) is 0.684. The zero-order chi connectivity index (χ0) is 17.1. The highest BCUT2D eigenvalue weighted by Crippen LogP contribution is 2.32. The van der Waals surface area contributed by atoms with Gasteiger partial charge in [-0.3, -0.25) is 0 Å². The first-order valence-electron chi connectivity index (χ1n) is 8.22. The van der Waals surface area contributed by atoms with Gasteiger partial charge in [-0.05, 0) is 11.6 Å². The molecule has 3 aromatic carbocycles. The average Bonchev–Trinajstić information content (AvgIpc) is 3.09. The second-order valence-electron chi connectivity index (χ2n) is 5.89. The molecule has 122 valence electrons. The quantitative estimate of drug-likeness (QED) is 0.449. The smallest absolute Gasteiger partial charge is 0.0963 e. The van der Waals surface area contributed by atoms with Crippen LogP contribution in [0.4, 0.5) is 0 Å². The van der Waals surface area contributed by atoms with Crippen LogP contribution in [0, 0.1) is 0 Å². The largest absolute Gasteiger partial charge is 0.326 e. The lowest BCUT2D eigenvalue weighted by Gasteiger charge is -2.12. The van der Waals surface area contributed by atoms with E-state index in [-0.39, 0.29) is 0 Å². The number of nitrogens with zero attached hydrogens (tertiary/aromatic N) is 2. The van der Waals surface area contributed by atoms with Crippen LogP contribution in [0.15, 0.2) is 91.3 Å². The Bertz CT molecular complexity index is 975. The van der Waals surface area contributed by atoms with Crippen LogP contribution < -0.4 is 0 Å². The maximum absolute atomic E-state index is 6.36. The van der Waals surface area contributed by atoms with Gasteiger partial charge in [0.2, 0.25) is 0 Å². The molecular weight excluding hydrogens is 328 g/mol. The summed E-state index contributed by atoms with van der Waals surface area (Å²) in [6, 6.07) is 28.6. The number of hydrogen-bond donors (Lipinski definition) is 0. The second kappa shape index (κ2) is 6.96. The fourth-order valence-electron chi connectivity index (χ4n) is 3.02. The zero-order valence-corrected chi connectivity index (χ0v) is 14.4. The number of aromatic nitrogens is 2. The molecule has 0 N–H and O–H groups in total. The van der Waals surface area contributed by atoms with Gasteiger partial charge in [0, 0.05) is 16.1 Å². The Kier molecular flexibility index (Phi) is 4.36. The molecule has 1 aromatic heterocycles. The number of imidazole rings is 1. The van der Waals surface area contributed by atoms with Crippen molar-refractivity contribution in [3.63, 3.8) is 0 Å². The fraction of sp³-hybridized carbons (Fsp3) is 0.0455. The van der Waals surface area contributed by atoms with E-state index in [2.05, 4.69) is 47.0 Å². The van der Waals surface area contributed by atoms with Gasteiger partial charge in [0.05, 0.1) is 24.3 Å². The van der Waals surface area contributed by atoms with E-state index < -0.39 is 0 Å². The standard InChI is InChI=1S/C22H17ClN2/c23-20-14-8-7-13-19(20)15-25-16-24-21(17-9-3-1-4-10-17)22(25)18-11-5-2-6-12-18/h1-14,16H,15H2. The van der Waals surface area contributed by atoms with E-state index in [1.807, 2.05) is 48.8 Å². The Balaban J connectivity index is 1.85. The summed E-state index contributed by atoms with van der Waals surface area (Å²) in [5.41, 5.74) is 5.43. The van der Waals surface area contributed by atoms with Crippen LogP contribution in [0.1, 0.15) is 5.56 Å². The third kappa shape index (κ3) is 3.21. The van der Waals surface area contributed by atoms with Crippen LogP contribution in [0.5, 0.6) is 0 Å². The Morgan fingerprint density at radius 3 is 2.00 bits per heavy atom. The monoisotopic (exact) mass is 344 g/mol. The maximum atomic E-state index is 6.36. The van der Waals surface area contributed by atoms with Crippen molar-refractivity contribution >= 4 is 11.6 Å². The highest BCUT2D eigenvalue weighted by atomic mass is 35.5. The first kappa shape index (κ1) is 15.7. The molecule has 0 aliphatic rings. The van der Waals surface area contributed by atoms with Crippen LogP contribution in [0.25, 0.3) is 22.5 Å². The third-order valence-electron chi connectivity index (χ3n) is 4.23. The van der Waals surface area contributed by atoms with E-state index in [4.69, 9.17) is 16.6 Å². The molecule has 0 fully saturated rings. The molecule has 0 saturated heterocycles. The number of rotatable bonds is 4. The molecule has 0 bridgehead atoms. The Hall–Kier alpha value is -2.84. The van der Waals surface area contributed by atoms with Gasteiger partial charge in [-0.15, -0.1) is 0 Å². The van der Waals surface area contributed by atoms with E-state index in [0.29, 0.717) is 6.54 Å². The molecule has 0 saturated carbocycles. The Morgan fingerprint density at radius 1 is 0.720 bits per heavy atom. The molecule has 0 atom stereocenters. The van der Waals surface area contributed by atoms with Crippen molar-refractivity contribution in [1.29, 1.82) is 0 Å². The van der Waals surface area contributed by atoms with E-state index >= 15 is 0 Å². The molecule has 25 heavy (non-hydrogen) atoms. The molecule has 4 rings (SSSR count). The SMILES string of the molecule is Clc1ccccc1Cn1cnc(-c2ccccc2)c1-c1ccccc1. The molecule has 0 aliphatic carbocycles. The predicted molar refractivity (Wildman–Crippen MR) is 104 cm³/mol. The minimum Gasteiger partial charge on any atom is -0.326 e. The van der Waals surface area contributed by atoms with Gasteiger partial charge in [-0.2, -0.15) is 0 Å². The van der Waals surface area contributed by atoms with Crippen molar-refractivity contribution in [3.05, 3.63) is 102 Å². The minimum atomic E-state index is 0.684. The molecule has 0 aliphatic heterocycles. The van der Waals surface area contributed by atoms with Crippen LogP contribution in [-0.2, 0) is 6.54 Å². The molecule has 4 aromatic rings. The van der Waals surface area contributed by atoms with Gasteiger partial charge in [0.1, 0.15) is 0 Å². The summed E-state index contributed by atoms with van der Waals surface area (Å²) < 4.78 is 2.17. The van der Waals surface area contributed by atoms with Crippen LogP contribution in [0.2, 0.25) is 5.02 Å². The van der Waals surface area contributed by atoms with Crippen molar-refractivity contribution in [1.82, 2.24) is 9.55 Å². The summed E-state index contributed by atoms with van der Waals surface area (Å²) >= 11 is 6.36. The van der Waals surface area contributed by atoms with Crippen molar-refractivity contribution < 1.29 is 0 Å². The lowest BCUT2D eigenvalue weighted by atomic mass is 10.0. The average molecular weight is 345 g/mol. The Labute approximate surface area is 152 Å². The molecule has 0 radical (unpaired) electrons. The van der Waals surface area contributed by atoms with Crippen molar-refractivity contribution in [2.24, 2.45) is 0 Å². The van der Waals surface area contributed by atoms with E-state index in [1.165, 1.54) is 0 Å². The maximum Gasteiger partial charge on any atom is 0.0963 e. The normalized spacial score (nSPS) is 10.8. The highest BCUT2D eigenvalue weighted by molar-refractivity contribution is 6.31. The summed E-state index contributed by atoms with van der Waals surface area (Å²) in [6.07, 6.45) is 1.90. The first-order chi connectivity index (χ1) is 12.3. The van der Waals surface area contributed by atoms with E-state index in [9.17, 15) is 0 Å².